The number of ether oxygens (including phenoxy) is 1. The van der Waals surface area contributed by atoms with Gasteiger partial charge in [-0.3, -0.25) is 4.79 Å². The summed E-state index contributed by atoms with van der Waals surface area (Å²) in [6.45, 7) is 0. The van der Waals surface area contributed by atoms with E-state index in [9.17, 15) is 4.79 Å². The van der Waals surface area contributed by atoms with Crippen molar-refractivity contribution in [3.05, 3.63) is 28.7 Å². The van der Waals surface area contributed by atoms with Crippen LogP contribution in [0.15, 0.2) is 28.7 Å². The van der Waals surface area contributed by atoms with E-state index in [1.165, 1.54) is 19.3 Å². The van der Waals surface area contributed by atoms with E-state index in [-0.39, 0.29) is 11.5 Å². The van der Waals surface area contributed by atoms with Gasteiger partial charge in [-0.25, -0.2) is 0 Å². The highest BCUT2D eigenvalue weighted by Crippen LogP contribution is 2.50. The van der Waals surface area contributed by atoms with Gasteiger partial charge in [0.1, 0.15) is 17.6 Å². The van der Waals surface area contributed by atoms with Crippen LogP contribution in [0.5, 0.6) is 5.75 Å². The lowest BCUT2D eigenvalue weighted by molar-refractivity contribution is -0.156. The number of benzene rings is 1. The molecule has 2 nitrogen and oxygen atoms in total. The lowest BCUT2D eigenvalue weighted by atomic mass is 9.57. The van der Waals surface area contributed by atoms with Crippen LogP contribution in [0.3, 0.4) is 0 Å². The maximum absolute atomic E-state index is 12.0. The van der Waals surface area contributed by atoms with Gasteiger partial charge in [0.2, 0.25) is 0 Å². The molecular weight excluding hydrogens is 292 g/mol. The Labute approximate surface area is 116 Å². The predicted molar refractivity (Wildman–Crippen MR) is 73.7 cm³/mol. The molecule has 96 valence electrons. The highest BCUT2D eigenvalue weighted by Gasteiger charge is 2.56. The van der Waals surface area contributed by atoms with Crippen molar-refractivity contribution in [3.8, 4) is 5.75 Å². The van der Waals surface area contributed by atoms with Gasteiger partial charge in [-0.1, -0.05) is 31.4 Å². The normalized spacial score (nSPS) is 25.8. The summed E-state index contributed by atoms with van der Waals surface area (Å²) in [7, 11) is 0. The van der Waals surface area contributed by atoms with Crippen molar-refractivity contribution in [3.63, 3.8) is 0 Å². The molecule has 0 amide bonds. The van der Waals surface area contributed by atoms with Crippen LogP contribution < -0.4 is 4.74 Å². The van der Waals surface area contributed by atoms with Gasteiger partial charge in [0, 0.05) is 6.42 Å². The molecule has 2 fully saturated rings. The molecule has 0 aliphatic heterocycles. The van der Waals surface area contributed by atoms with E-state index >= 15 is 0 Å². The molecule has 0 saturated heterocycles. The smallest absolute Gasteiger partial charge is 0.146 e. The maximum atomic E-state index is 12.0. The number of hydrogen-bond acceptors (Lipinski definition) is 2. The molecule has 1 spiro atoms. The van der Waals surface area contributed by atoms with Crippen LogP contribution >= 0.6 is 15.9 Å². The lowest BCUT2D eigenvalue weighted by Crippen LogP contribution is -2.57. The van der Waals surface area contributed by atoms with Crippen molar-refractivity contribution < 1.29 is 9.53 Å². The summed E-state index contributed by atoms with van der Waals surface area (Å²) in [5.74, 6) is 1.28. The summed E-state index contributed by atoms with van der Waals surface area (Å²) in [5, 5.41) is 0. The van der Waals surface area contributed by atoms with E-state index in [4.69, 9.17) is 4.74 Å². The SMILES string of the molecule is O=C1CC(Oc2ccccc2Br)C12CCCCC2. The van der Waals surface area contributed by atoms with Gasteiger partial charge in [0.15, 0.2) is 0 Å². The van der Waals surface area contributed by atoms with Crippen LogP contribution in [0.1, 0.15) is 38.5 Å². The molecule has 18 heavy (non-hydrogen) atoms. The average molecular weight is 309 g/mol. The van der Waals surface area contributed by atoms with Gasteiger partial charge in [-0.15, -0.1) is 0 Å². The quantitative estimate of drug-likeness (QED) is 0.821. The van der Waals surface area contributed by atoms with Crippen molar-refractivity contribution in [1.29, 1.82) is 0 Å². The van der Waals surface area contributed by atoms with E-state index in [0.29, 0.717) is 12.2 Å². The summed E-state index contributed by atoms with van der Waals surface area (Å²) < 4.78 is 7.04. The number of halogens is 1. The van der Waals surface area contributed by atoms with Crippen molar-refractivity contribution >= 4 is 21.7 Å². The highest BCUT2D eigenvalue weighted by atomic mass is 79.9. The molecule has 0 N–H and O–H groups in total. The molecule has 0 heterocycles. The Bertz CT molecular complexity index is 463. The third-order valence-corrected chi connectivity index (χ3v) is 5.05. The fraction of sp³-hybridized carbons (Fsp3) is 0.533. The van der Waals surface area contributed by atoms with E-state index in [0.717, 1.165) is 23.1 Å². The molecule has 0 bridgehead atoms. The first kappa shape index (κ1) is 12.2. The Morgan fingerprint density at radius 3 is 2.56 bits per heavy atom. The number of para-hydroxylation sites is 1. The maximum Gasteiger partial charge on any atom is 0.146 e. The Hall–Kier alpha value is -0.830. The van der Waals surface area contributed by atoms with Gasteiger partial charge in [0.25, 0.3) is 0 Å². The second kappa shape index (κ2) is 4.69. The van der Waals surface area contributed by atoms with E-state index in [1.807, 2.05) is 24.3 Å². The van der Waals surface area contributed by atoms with E-state index in [1.54, 1.807) is 0 Å². The van der Waals surface area contributed by atoms with Crippen LogP contribution in [-0.4, -0.2) is 11.9 Å². The summed E-state index contributed by atoms with van der Waals surface area (Å²) in [6, 6.07) is 7.88. The zero-order valence-corrected chi connectivity index (χ0v) is 11.9. The standard InChI is InChI=1S/C15H17BrO2/c16-11-6-2-3-7-12(11)18-14-10-13(17)15(14)8-4-1-5-9-15/h2-3,6-7,14H,1,4-5,8-10H2. The number of carbonyl (C=O) groups is 1. The predicted octanol–water partition coefficient (Wildman–Crippen LogP) is 4.12. The van der Waals surface area contributed by atoms with Gasteiger partial charge in [-0.2, -0.15) is 0 Å². The first-order valence-corrected chi connectivity index (χ1v) is 7.46. The number of Topliss-reactive ketones (excluding diaryl/α,β-unsaturated/α-hetero) is 1. The Balaban J connectivity index is 1.77. The zero-order valence-electron chi connectivity index (χ0n) is 10.3. The van der Waals surface area contributed by atoms with Gasteiger partial charge < -0.3 is 4.74 Å². The Morgan fingerprint density at radius 1 is 1.17 bits per heavy atom. The second-order valence-corrected chi connectivity index (χ2v) is 6.24. The lowest BCUT2D eigenvalue weighted by Gasteiger charge is -2.49. The third kappa shape index (κ3) is 1.89. The topological polar surface area (TPSA) is 26.3 Å². The summed E-state index contributed by atoms with van der Waals surface area (Å²) in [6.07, 6.45) is 6.30. The Morgan fingerprint density at radius 2 is 1.89 bits per heavy atom. The van der Waals surface area contributed by atoms with Crippen LogP contribution in [0.25, 0.3) is 0 Å². The third-order valence-electron chi connectivity index (χ3n) is 4.39. The molecule has 0 aromatic heterocycles. The summed E-state index contributed by atoms with van der Waals surface area (Å²) in [4.78, 5) is 12.0. The molecule has 1 aromatic rings. The van der Waals surface area contributed by atoms with Gasteiger partial charge in [-0.05, 0) is 40.9 Å². The van der Waals surface area contributed by atoms with E-state index < -0.39 is 0 Å². The molecule has 1 atom stereocenters. The minimum atomic E-state index is -0.159. The molecule has 1 aromatic carbocycles. The fourth-order valence-corrected chi connectivity index (χ4v) is 3.63. The number of rotatable bonds is 2. The fourth-order valence-electron chi connectivity index (χ4n) is 3.25. The molecule has 1 unspecified atom stereocenters. The van der Waals surface area contributed by atoms with Gasteiger partial charge in [0.05, 0.1) is 9.89 Å². The zero-order chi connectivity index (χ0) is 12.6. The molecule has 3 rings (SSSR count). The first-order valence-electron chi connectivity index (χ1n) is 6.67. The average Bonchev–Trinajstić information content (AvgIpc) is 2.41. The van der Waals surface area contributed by atoms with Crippen LogP contribution in [0, 0.1) is 5.41 Å². The molecule has 2 saturated carbocycles. The Kier molecular flexibility index (Phi) is 3.18. The molecular formula is C15H17BrO2. The minimum absolute atomic E-state index is 0.0870. The monoisotopic (exact) mass is 308 g/mol. The second-order valence-electron chi connectivity index (χ2n) is 5.38. The highest BCUT2D eigenvalue weighted by molar-refractivity contribution is 9.10. The van der Waals surface area contributed by atoms with Gasteiger partial charge >= 0.3 is 0 Å². The van der Waals surface area contributed by atoms with Crippen molar-refractivity contribution in [1.82, 2.24) is 0 Å². The van der Waals surface area contributed by atoms with Crippen LogP contribution in [0.2, 0.25) is 0 Å². The van der Waals surface area contributed by atoms with E-state index in [2.05, 4.69) is 15.9 Å². The molecule has 0 radical (unpaired) electrons. The van der Waals surface area contributed by atoms with Crippen molar-refractivity contribution in [2.24, 2.45) is 5.41 Å². The number of hydrogen-bond donors (Lipinski definition) is 0. The number of carbonyl (C=O) groups excluding carboxylic acids is 1. The summed E-state index contributed by atoms with van der Waals surface area (Å²) >= 11 is 3.50. The van der Waals surface area contributed by atoms with Crippen LogP contribution in [0.4, 0.5) is 0 Å². The molecule has 2 aliphatic rings. The minimum Gasteiger partial charge on any atom is -0.488 e. The summed E-state index contributed by atoms with van der Waals surface area (Å²) in [5.41, 5.74) is -0.159. The molecule has 3 heteroatoms. The first-order chi connectivity index (χ1) is 8.72. The van der Waals surface area contributed by atoms with Crippen molar-refractivity contribution in [2.75, 3.05) is 0 Å². The molecule has 2 aliphatic carbocycles. The largest absolute Gasteiger partial charge is 0.488 e. The van der Waals surface area contributed by atoms with Crippen molar-refractivity contribution in [2.45, 2.75) is 44.6 Å². The number of ketones is 1. The van der Waals surface area contributed by atoms with Crippen LogP contribution in [-0.2, 0) is 4.79 Å².